The highest BCUT2D eigenvalue weighted by Gasteiger charge is 2.35. The summed E-state index contributed by atoms with van der Waals surface area (Å²) in [4.78, 5) is 11.3. The SMILES string of the molecule is C[C@H]1NN=C2C(=O)CCC[C@H]21. The van der Waals surface area contributed by atoms with Crippen molar-refractivity contribution in [3.63, 3.8) is 0 Å². The minimum atomic E-state index is 0.248. The second kappa shape index (κ2) is 2.32. The van der Waals surface area contributed by atoms with Crippen LogP contribution in [0.2, 0.25) is 0 Å². The van der Waals surface area contributed by atoms with Crippen LogP contribution in [0.1, 0.15) is 26.2 Å². The fourth-order valence-corrected chi connectivity index (χ4v) is 1.85. The van der Waals surface area contributed by atoms with Crippen molar-refractivity contribution >= 4 is 11.5 Å². The molecule has 60 valence electrons. The minimum absolute atomic E-state index is 0.248. The molecule has 3 heteroatoms. The van der Waals surface area contributed by atoms with E-state index in [0.29, 0.717) is 18.4 Å². The minimum Gasteiger partial charge on any atom is -0.306 e. The van der Waals surface area contributed by atoms with Gasteiger partial charge in [0.05, 0.1) is 0 Å². The number of ketones is 1. The Morgan fingerprint density at radius 2 is 2.45 bits per heavy atom. The molecule has 0 amide bonds. The quantitative estimate of drug-likeness (QED) is 0.555. The third-order valence-electron chi connectivity index (χ3n) is 2.55. The molecule has 1 aliphatic heterocycles. The number of fused-ring (bicyclic) bond motifs is 1. The summed E-state index contributed by atoms with van der Waals surface area (Å²) < 4.78 is 0. The molecule has 1 N–H and O–H groups in total. The summed E-state index contributed by atoms with van der Waals surface area (Å²) in [5.41, 5.74) is 3.75. The van der Waals surface area contributed by atoms with Gasteiger partial charge in [0.25, 0.3) is 0 Å². The largest absolute Gasteiger partial charge is 0.306 e. The van der Waals surface area contributed by atoms with E-state index in [9.17, 15) is 4.79 Å². The van der Waals surface area contributed by atoms with Crippen LogP contribution < -0.4 is 5.43 Å². The van der Waals surface area contributed by atoms with E-state index in [4.69, 9.17) is 0 Å². The van der Waals surface area contributed by atoms with Gasteiger partial charge in [-0.15, -0.1) is 0 Å². The van der Waals surface area contributed by atoms with Crippen molar-refractivity contribution < 1.29 is 4.79 Å². The van der Waals surface area contributed by atoms with Gasteiger partial charge in [0.15, 0.2) is 5.78 Å². The maximum atomic E-state index is 11.3. The van der Waals surface area contributed by atoms with Gasteiger partial charge in [0.1, 0.15) is 5.71 Å². The number of rotatable bonds is 0. The number of hydrazone groups is 1. The number of hydrogen-bond acceptors (Lipinski definition) is 3. The molecule has 2 rings (SSSR count). The Balaban J connectivity index is 2.22. The van der Waals surface area contributed by atoms with Gasteiger partial charge in [-0.25, -0.2) is 0 Å². The van der Waals surface area contributed by atoms with Crippen molar-refractivity contribution in [1.29, 1.82) is 0 Å². The van der Waals surface area contributed by atoms with Gasteiger partial charge >= 0.3 is 0 Å². The molecule has 11 heavy (non-hydrogen) atoms. The number of carbonyl (C=O) groups is 1. The third-order valence-corrected chi connectivity index (χ3v) is 2.55. The predicted molar refractivity (Wildman–Crippen MR) is 42.4 cm³/mol. The molecular weight excluding hydrogens is 140 g/mol. The van der Waals surface area contributed by atoms with Gasteiger partial charge in [-0.05, 0) is 19.8 Å². The molecule has 0 bridgehead atoms. The monoisotopic (exact) mass is 152 g/mol. The van der Waals surface area contributed by atoms with Gasteiger partial charge < -0.3 is 5.43 Å². The second-order valence-corrected chi connectivity index (χ2v) is 3.34. The first kappa shape index (κ1) is 6.83. The third kappa shape index (κ3) is 0.951. The first-order valence-corrected chi connectivity index (χ1v) is 4.15. The van der Waals surface area contributed by atoms with Gasteiger partial charge in [-0.1, -0.05) is 0 Å². The summed E-state index contributed by atoms with van der Waals surface area (Å²) in [6, 6.07) is 0.370. The average molecular weight is 152 g/mol. The summed E-state index contributed by atoms with van der Waals surface area (Å²) in [6.45, 7) is 2.08. The van der Waals surface area contributed by atoms with Crippen molar-refractivity contribution in [2.45, 2.75) is 32.2 Å². The van der Waals surface area contributed by atoms with Crippen LogP contribution in [-0.4, -0.2) is 17.5 Å². The molecule has 1 saturated carbocycles. The lowest BCUT2D eigenvalue weighted by molar-refractivity contribution is -0.113. The smallest absolute Gasteiger partial charge is 0.179 e. The van der Waals surface area contributed by atoms with Crippen LogP contribution in [0.5, 0.6) is 0 Å². The molecule has 3 nitrogen and oxygen atoms in total. The van der Waals surface area contributed by atoms with E-state index in [0.717, 1.165) is 18.6 Å². The normalized spacial score (nSPS) is 36.1. The lowest BCUT2D eigenvalue weighted by Crippen LogP contribution is -2.32. The van der Waals surface area contributed by atoms with Gasteiger partial charge in [-0.3, -0.25) is 4.79 Å². The van der Waals surface area contributed by atoms with Crippen molar-refractivity contribution in [3.05, 3.63) is 0 Å². The van der Waals surface area contributed by atoms with E-state index in [-0.39, 0.29) is 5.78 Å². The molecule has 1 aliphatic carbocycles. The number of nitrogens with one attached hydrogen (secondary N) is 1. The van der Waals surface area contributed by atoms with Crippen LogP contribution in [0.15, 0.2) is 5.10 Å². The first-order chi connectivity index (χ1) is 5.29. The van der Waals surface area contributed by atoms with E-state index < -0.39 is 0 Å². The Bertz CT molecular complexity index is 222. The number of nitrogens with zero attached hydrogens (tertiary/aromatic N) is 1. The van der Waals surface area contributed by atoms with Crippen LogP contribution >= 0.6 is 0 Å². The summed E-state index contributed by atoms with van der Waals surface area (Å²) in [7, 11) is 0. The number of Topliss-reactive ketones (excluding diaryl/α,β-unsaturated/α-hetero) is 1. The van der Waals surface area contributed by atoms with Crippen LogP contribution in [-0.2, 0) is 4.79 Å². The standard InChI is InChI=1S/C8H12N2O/c1-5-6-3-2-4-7(11)8(6)10-9-5/h5-6,9H,2-4H2,1H3/t5-,6+/m1/s1. The predicted octanol–water partition coefficient (Wildman–Crippen LogP) is 0.703. The van der Waals surface area contributed by atoms with Crippen molar-refractivity contribution in [2.75, 3.05) is 0 Å². The Labute approximate surface area is 65.9 Å². The zero-order valence-corrected chi connectivity index (χ0v) is 6.63. The molecule has 0 aromatic carbocycles. The van der Waals surface area contributed by atoms with Crippen LogP contribution in [0.3, 0.4) is 0 Å². The zero-order chi connectivity index (χ0) is 7.84. The van der Waals surface area contributed by atoms with E-state index in [2.05, 4.69) is 17.5 Å². The molecule has 0 unspecified atom stereocenters. The second-order valence-electron chi connectivity index (χ2n) is 3.34. The fourth-order valence-electron chi connectivity index (χ4n) is 1.85. The van der Waals surface area contributed by atoms with E-state index >= 15 is 0 Å². The fraction of sp³-hybridized carbons (Fsp3) is 0.750. The molecule has 0 aromatic rings. The van der Waals surface area contributed by atoms with Crippen molar-refractivity contribution in [2.24, 2.45) is 11.0 Å². The molecule has 2 atom stereocenters. The van der Waals surface area contributed by atoms with Crippen molar-refractivity contribution in [3.8, 4) is 0 Å². The topological polar surface area (TPSA) is 41.5 Å². The summed E-state index contributed by atoms with van der Waals surface area (Å²) >= 11 is 0. The van der Waals surface area contributed by atoms with Crippen LogP contribution in [0.4, 0.5) is 0 Å². The van der Waals surface area contributed by atoms with Gasteiger partial charge in [0, 0.05) is 18.4 Å². The lowest BCUT2D eigenvalue weighted by Gasteiger charge is -2.19. The molecule has 0 saturated heterocycles. The maximum absolute atomic E-state index is 11.3. The summed E-state index contributed by atoms with van der Waals surface area (Å²) in [6.07, 6.45) is 2.86. The molecular formula is C8H12N2O. The molecule has 0 aromatic heterocycles. The van der Waals surface area contributed by atoms with E-state index in [1.807, 2.05) is 0 Å². The molecule has 0 spiro atoms. The number of carbonyl (C=O) groups excluding carboxylic acids is 1. The highest BCUT2D eigenvalue weighted by atomic mass is 16.1. The molecule has 0 radical (unpaired) electrons. The van der Waals surface area contributed by atoms with E-state index in [1.165, 1.54) is 0 Å². The highest BCUT2D eigenvalue weighted by Crippen LogP contribution is 2.25. The maximum Gasteiger partial charge on any atom is 0.179 e. The Kier molecular flexibility index (Phi) is 1.44. The number of hydrogen-bond donors (Lipinski definition) is 1. The Morgan fingerprint density at radius 1 is 1.64 bits per heavy atom. The lowest BCUT2D eigenvalue weighted by atomic mass is 9.83. The highest BCUT2D eigenvalue weighted by molar-refractivity contribution is 6.41. The molecule has 1 heterocycles. The molecule has 2 aliphatic rings. The zero-order valence-electron chi connectivity index (χ0n) is 6.63. The van der Waals surface area contributed by atoms with Gasteiger partial charge in [-0.2, -0.15) is 5.10 Å². The summed E-state index contributed by atoms with van der Waals surface area (Å²) in [5.74, 6) is 0.648. The van der Waals surface area contributed by atoms with Gasteiger partial charge in [0.2, 0.25) is 0 Å². The van der Waals surface area contributed by atoms with Crippen LogP contribution in [0.25, 0.3) is 0 Å². The first-order valence-electron chi connectivity index (χ1n) is 4.15. The van der Waals surface area contributed by atoms with Crippen LogP contribution in [0, 0.1) is 5.92 Å². The summed E-state index contributed by atoms with van der Waals surface area (Å²) in [5, 5.41) is 4.04. The average Bonchev–Trinajstić information content (AvgIpc) is 2.35. The Hall–Kier alpha value is -0.860. The molecule has 1 fully saturated rings. The van der Waals surface area contributed by atoms with E-state index in [1.54, 1.807) is 0 Å². The van der Waals surface area contributed by atoms with Crippen molar-refractivity contribution in [1.82, 2.24) is 5.43 Å². The Morgan fingerprint density at radius 3 is 3.18 bits per heavy atom.